The number of hydrogen-bond acceptors (Lipinski definition) is 3. The van der Waals surface area contributed by atoms with E-state index in [4.69, 9.17) is 0 Å². The van der Waals surface area contributed by atoms with E-state index in [2.05, 4.69) is 10.6 Å². The van der Waals surface area contributed by atoms with Crippen molar-refractivity contribution in [3.05, 3.63) is 35.9 Å². The summed E-state index contributed by atoms with van der Waals surface area (Å²) in [5.74, 6) is -0.0228. The Balaban J connectivity index is 1.97. The topological polar surface area (TPSA) is 61.4 Å². The summed E-state index contributed by atoms with van der Waals surface area (Å²) in [6.07, 6.45) is 1.91. The number of carbonyl (C=O) groups excluding carboxylic acids is 1. The van der Waals surface area contributed by atoms with Crippen molar-refractivity contribution >= 4 is 5.91 Å². The summed E-state index contributed by atoms with van der Waals surface area (Å²) in [5.41, 5.74) is 0.932. The second-order valence-corrected chi connectivity index (χ2v) is 4.30. The van der Waals surface area contributed by atoms with Gasteiger partial charge in [0.15, 0.2) is 0 Å². The van der Waals surface area contributed by atoms with Gasteiger partial charge in [-0.1, -0.05) is 30.3 Å². The third-order valence-corrected chi connectivity index (χ3v) is 3.08. The van der Waals surface area contributed by atoms with Crippen molar-refractivity contribution in [2.45, 2.75) is 24.9 Å². The van der Waals surface area contributed by atoms with Gasteiger partial charge < -0.3 is 15.7 Å². The molecule has 92 valence electrons. The van der Waals surface area contributed by atoms with Crippen molar-refractivity contribution in [3.8, 4) is 0 Å². The molecule has 1 aromatic carbocycles. The molecular formula is C13H18N2O2. The minimum Gasteiger partial charge on any atom is -0.394 e. The lowest BCUT2D eigenvalue weighted by Crippen LogP contribution is -2.42. The predicted molar refractivity (Wildman–Crippen MR) is 65.4 cm³/mol. The van der Waals surface area contributed by atoms with Crippen LogP contribution < -0.4 is 10.6 Å². The number of amides is 1. The summed E-state index contributed by atoms with van der Waals surface area (Å²) in [7, 11) is 0. The lowest BCUT2D eigenvalue weighted by molar-refractivity contribution is -0.123. The van der Waals surface area contributed by atoms with Gasteiger partial charge in [0.05, 0.1) is 18.7 Å². The van der Waals surface area contributed by atoms with E-state index in [9.17, 15) is 9.90 Å². The predicted octanol–water partition coefficient (Wildman–Crippen LogP) is 0.588. The molecule has 0 spiro atoms. The number of aliphatic hydroxyl groups excluding tert-OH is 1. The molecule has 1 aromatic rings. The minimum atomic E-state index is -0.314. The zero-order chi connectivity index (χ0) is 12.1. The Morgan fingerprint density at radius 3 is 2.82 bits per heavy atom. The first-order valence-corrected chi connectivity index (χ1v) is 6.01. The van der Waals surface area contributed by atoms with Gasteiger partial charge >= 0.3 is 0 Å². The molecule has 0 bridgehead atoms. The van der Waals surface area contributed by atoms with Gasteiger partial charge in [-0.15, -0.1) is 0 Å². The summed E-state index contributed by atoms with van der Waals surface area (Å²) in [6.45, 7) is 0.815. The van der Waals surface area contributed by atoms with Crippen LogP contribution in [-0.4, -0.2) is 30.2 Å². The van der Waals surface area contributed by atoms with E-state index in [-0.39, 0.29) is 24.6 Å². The van der Waals surface area contributed by atoms with E-state index in [1.807, 2.05) is 30.3 Å². The molecule has 1 aliphatic heterocycles. The molecule has 0 aliphatic carbocycles. The van der Waals surface area contributed by atoms with E-state index in [1.54, 1.807) is 0 Å². The zero-order valence-corrected chi connectivity index (χ0v) is 9.73. The van der Waals surface area contributed by atoms with Crippen molar-refractivity contribution in [1.82, 2.24) is 10.6 Å². The molecule has 1 aliphatic rings. The molecule has 2 rings (SSSR count). The number of hydrogen-bond donors (Lipinski definition) is 3. The number of carbonyl (C=O) groups is 1. The Bertz CT molecular complexity index is 361. The second-order valence-electron chi connectivity index (χ2n) is 4.30. The fourth-order valence-corrected chi connectivity index (χ4v) is 2.10. The monoisotopic (exact) mass is 234 g/mol. The average molecular weight is 234 g/mol. The Labute approximate surface area is 101 Å². The molecule has 2 atom stereocenters. The van der Waals surface area contributed by atoms with Crippen molar-refractivity contribution in [2.24, 2.45) is 0 Å². The molecule has 1 heterocycles. The van der Waals surface area contributed by atoms with Gasteiger partial charge in [-0.05, 0) is 24.9 Å². The SMILES string of the molecule is O=C(N[C@H](CO)c1ccccc1)C1CCCN1. The third-order valence-electron chi connectivity index (χ3n) is 3.08. The van der Waals surface area contributed by atoms with Crippen LogP contribution in [0.2, 0.25) is 0 Å². The maximum atomic E-state index is 11.9. The lowest BCUT2D eigenvalue weighted by Gasteiger charge is -2.19. The van der Waals surface area contributed by atoms with Crippen molar-refractivity contribution in [2.75, 3.05) is 13.2 Å². The Hall–Kier alpha value is -1.39. The molecular weight excluding hydrogens is 216 g/mol. The van der Waals surface area contributed by atoms with E-state index < -0.39 is 0 Å². The highest BCUT2D eigenvalue weighted by atomic mass is 16.3. The molecule has 0 radical (unpaired) electrons. The van der Waals surface area contributed by atoms with E-state index in [1.165, 1.54) is 0 Å². The van der Waals surface area contributed by atoms with Crippen LogP contribution in [0.25, 0.3) is 0 Å². The third kappa shape index (κ3) is 3.05. The first kappa shape index (κ1) is 12.1. The smallest absolute Gasteiger partial charge is 0.237 e. The summed E-state index contributed by atoms with van der Waals surface area (Å²) in [6, 6.07) is 9.11. The van der Waals surface area contributed by atoms with Gasteiger partial charge in [0, 0.05) is 0 Å². The first-order chi connectivity index (χ1) is 8.31. The number of aliphatic hydroxyl groups is 1. The maximum absolute atomic E-state index is 11.9. The highest BCUT2D eigenvalue weighted by molar-refractivity contribution is 5.82. The van der Waals surface area contributed by atoms with Crippen LogP contribution >= 0.6 is 0 Å². The van der Waals surface area contributed by atoms with Crippen LogP contribution in [0.4, 0.5) is 0 Å². The molecule has 4 nitrogen and oxygen atoms in total. The van der Waals surface area contributed by atoms with Crippen LogP contribution in [0.5, 0.6) is 0 Å². The van der Waals surface area contributed by atoms with Gasteiger partial charge in [-0.3, -0.25) is 4.79 Å². The van der Waals surface area contributed by atoms with Crippen molar-refractivity contribution < 1.29 is 9.90 Å². The van der Waals surface area contributed by atoms with E-state index in [0.717, 1.165) is 24.9 Å². The molecule has 4 heteroatoms. The lowest BCUT2D eigenvalue weighted by atomic mass is 10.1. The Morgan fingerprint density at radius 2 is 2.24 bits per heavy atom. The Morgan fingerprint density at radius 1 is 1.47 bits per heavy atom. The van der Waals surface area contributed by atoms with Crippen LogP contribution in [0.15, 0.2) is 30.3 Å². The summed E-state index contributed by atoms with van der Waals surface area (Å²) in [5, 5.41) is 15.4. The van der Waals surface area contributed by atoms with E-state index >= 15 is 0 Å². The van der Waals surface area contributed by atoms with Crippen LogP contribution in [-0.2, 0) is 4.79 Å². The van der Waals surface area contributed by atoms with Crippen LogP contribution in [0.1, 0.15) is 24.4 Å². The molecule has 0 saturated carbocycles. The molecule has 1 amide bonds. The van der Waals surface area contributed by atoms with Gasteiger partial charge in [-0.2, -0.15) is 0 Å². The molecule has 3 N–H and O–H groups in total. The maximum Gasteiger partial charge on any atom is 0.237 e. The number of benzene rings is 1. The van der Waals surface area contributed by atoms with Crippen LogP contribution in [0.3, 0.4) is 0 Å². The molecule has 17 heavy (non-hydrogen) atoms. The van der Waals surface area contributed by atoms with Crippen molar-refractivity contribution in [1.29, 1.82) is 0 Å². The van der Waals surface area contributed by atoms with Gasteiger partial charge in [0.25, 0.3) is 0 Å². The minimum absolute atomic E-state index is 0.0228. The summed E-state index contributed by atoms with van der Waals surface area (Å²) in [4.78, 5) is 11.9. The van der Waals surface area contributed by atoms with Gasteiger partial charge in [-0.25, -0.2) is 0 Å². The average Bonchev–Trinajstić information content (AvgIpc) is 2.90. The molecule has 0 aromatic heterocycles. The molecule has 1 unspecified atom stereocenters. The fraction of sp³-hybridized carbons (Fsp3) is 0.462. The van der Waals surface area contributed by atoms with Crippen LogP contribution in [0, 0.1) is 0 Å². The normalized spacial score (nSPS) is 21.1. The van der Waals surface area contributed by atoms with Crippen molar-refractivity contribution in [3.63, 3.8) is 0 Å². The van der Waals surface area contributed by atoms with E-state index in [0.29, 0.717) is 0 Å². The number of nitrogens with one attached hydrogen (secondary N) is 2. The highest BCUT2D eigenvalue weighted by Gasteiger charge is 2.24. The zero-order valence-electron chi connectivity index (χ0n) is 9.73. The fourth-order valence-electron chi connectivity index (χ4n) is 2.10. The quantitative estimate of drug-likeness (QED) is 0.714. The first-order valence-electron chi connectivity index (χ1n) is 6.01. The van der Waals surface area contributed by atoms with Gasteiger partial charge in [0.2, 0.25) is 5.91 Å². The largest absolute Gasteiger partial charge is 0.394 e. The summed E-state index contributed by atoms with van der Waals surface area (Å²) < 4.78 is 0. The molecule has 1 fully saturated rings. The Kier molecular flexibility index (Phi) is 4.12. The number of rotatable bonds is 4. The van der Waals surface area contributed by atoms with Gasteiger partial charge in [0.1, 0.15) is 0 Å². The second kappa shape index (κ2) is 5.80. The molecule has 1 saturated heterocycles. The standard InChI is InChI=1S/C13H18N2O2/c16-9-12(10-5-2-1-3-6-10)15-13(17)11-7-4-8-14-11/h1-3,5-6,11-12,14,16H,4,7-9H2,(H,15,17)/t11?,12-/m1/s1. The summed E-state index contributed by atoms with van der Waals surface area (Å²) >= 11 is 0. The highest BCUT2D eigenvalue weighted by Crippen LogP contribution is 2.13.